The second-order valence-corrected chi connectivity index (χ2v) is 3.71. The molecule has 2 amide bonds. The summed E-state index contributed by atoms with van der Waals surface area (Å²) in [5, 5.41) is 9.86. The predicted molar refractivity (Wildman–Crippen MR) is 57.9 cm³/mol. The number of carbonyl (C=O) groups excluding carboxylic acids is 1. The van der Waals surface area contributed by atoms with Crippen molar-refractivity contribution in [3.05, 3.63) is 35.4 Å². The molecule has 2 rings (SSSR count). The van der Waals surface area contributed by atoms with Crippen LogP contribution in [0.2, 0.25) is 0 Å². The van der Waals surface area contributed by atoms with Crippen molar-refractivity contribution in [2.75, 3.05) is 13.1 Å². The van der Waals surface area contributed by atoms with Gasteiger partial charge in [0.2, 0.25) is 0 Å². The zero-order valence-electron chi connectivity index (χ0n) is 8.76. The molecule has 5 heteroatoms. The molecule has 0 radical (unpaired) electrons. The fourth-order valence-electron chi connectivity index (χ4n) is 1.65. The van der Waals surface area contributed by atoms with Gasteiger partial charge in [-0.1, -0.05) is 12.1 Å². The highest BCUT2D eigenvalue weighted by atomic mass is 16.2. The number of hydrazine groups is 1. The van der Waals surface area contributed by atoms with Gasteiger partial charge in [-0.15, -0.1) is 0 Å². The standard InChI is InChI=1S/C11H12N4O/c12-7-9-1-3-10(4-2-9)8-14-5-6-15(13)11(14)16/h1-4H,5-6,8,13H2. The molecule has 1 aromatic rings. The van der Waals surface area contributed by atoms with Gasteiger partial charge in [-0.3, -0.25) is 5.01 Å². The van der Waals surface area contributed by atoms with Crippen LogP contribution in [-0.2, 0) is 6.54 Å². The second-order valence-electron chi connectivity index (χ2n) is 3.71. The van der Waals surface area contributed by atoms with Crippen LogP contribution in [0.4, 0.5) is 4.79 Å². The maximum absolute atomic E-state index is 11.5. The molecular weight excluding hydrogens is 204 g/mol. The molecule has 0 bridgehead atoms. The minimum atomic E-state index is -0.149. The lowest BCUT2D eigenvalue weighted by molar-refractivity contribution is 0.191. The summed E-state index contributed by atoms with van der Waals surface area (Å²) in [5.74, 6) is 5.47. The van der Waals surface area contributed by atoms with Gasteiger partial charge in [0.05, 0.1) is 18.2 Å². The van der Waals surface area contributed by atoms with Crippen LogP contribution < -0.4 is 5.84 Å². The molecule has 1 aliphatic heterocycles. The molecule has 5 nitrogen and oxygen atoms in total. The number of nitriles is 1. The van der Waals surface area contributed by atoms with E-state index in [2.05, 4.69) is 6.07 Å². The largest absolute Gasteiger partial charge is 0.334 e. The first-order chi connectivity index (χ1) is 7.70. The third-order valence-corrected chi connectivity index (χ3v) is 2.58. The fraction of sp³-hybridized carbons (Fsp3) is 0.273. The maximum Gasteiger partial charge on any atom is 0.334 e. The van der Waals surface area contributed by atoms with E-state index in [1.54, 1.807) is 17.0 Å². The smallest absolute Gasteiger partial charge is 0.317 e. The van der Waals surface area contributed by atoms with Gasteiger partial charge in [0, 0.05) is 13.1 Å². The molecular formula is C11H12N4O. The van der Waals surface area contributed by atoms with Crippen molar-refractivity contribution in [1.29, 1.82) is 5.26 Å². The Kier molecular flexibility index (Phi) is 2.75. The minimum Gasteiger partial charge on any atom is -0.317 e. The summed E-state index contributed by atoms with van der Waals surface area (Å²) >= 11 is 0. The van der Waals surface area contributed by atoms with Crippen LogP contribution >= 0.6 is 0 Å². The Balaban J connectivity index is 2.05. The van der Waals surface area contributed by atoms with Gasteiger partial charge in [-0.05, 0) is 17.7 Å². The summed E-state index contributed by atoms with van der Waals surface area (Å²) in [6, 6.07) is 9.10. The van der Waals surface area contributed by atoms with Gasteiger partial charge in [-0.25, -0.2) is 10.6 Å². The predicted octanol–water partition coefficient (Wildman–Crippen LogP) is 0.670. The van der Waals surface area contributed by atoms with Crippen molar-refractivity contribution in [1.82, 2.24) is 9.91 Å². The van der Waals surface area contributed by atoms with Gasteiger partial charge in [0.1, 0.15) is 0 Å². The number of benzene rings is 1. The maximum atomic E-state index is 11.5. The number of rotatable bonds is 2. The Morgan fingerprint density at radius 2 is 2.00 bits per heavy atom. The van der Waals surface area contributed by atoms with Crippen molar-refractivity contribution in [2.45, 2.75) is 6.54 Å². The SMILES string of the molecule is N#Cc1ccc(CN2CCN(N)C2=O)cc1. The molecule has 1 aromatic carbocycles. The lowest BCUT2D eigenvalue weighted by Crippen LogP contribution is -2.36. The van der Waals surface area contributed by atoms with Gasteiger partial charge in [-0.2, -0.15) is 5.26 Å². The Bertz CT molecular complexity index is 434. The third kappa shape index (κ3) is 1.97. The molecule has 0 atom stereocenters. The van der Waals surface area contributed by atoms with Gasteiger partial charge in [0.15, 0.2) is 0 Å². The molecule has 82 valence electrons. The molecule has 1 aliphatic rings. The quantitative estimate of drug-likeness (QED) is 0.583. The molecule has 0 saturated carbocycles. The fourth-order valence-corrected chi connectivity index (χ4v) is 1.65. The van der Waals surface area contributed by atoms with Crippen molar-refractivity contribution in [3.8, 4) is 6.07 Å². The summed E-state index contributed by atoms with van der Waals surface area (Å²) in [7, 11) is 0. The summed E-state index contributed by atoms with van der Waals surface area (Å²) in [5.41, 5.74) is 1.62. The van der Waals surface area contributed by atoms with E-state index in [0.717, 1.165) is 5.56 Å². The summed E-state index contributed by atoms with van der Waals surface area (Å²) in [6.07, 6.45) is 0. The Hall–Kier alpha value is -2.06. The highest BCUT2D eigenvalue weighted by Crippen LogP contribution is 2.11. The summed E-state index contributed by atoms with van der Waals surface area (Å²) < 4.78 is 0. The van der Waals surface area contributed by atoms with Crippen molar-refractivity contribution >= 4 is 6.03 Å². The molecule has 1 heterocycles. The molecule has 0 unspecified atom stereocenters. The number of amides is 2. The van der Waals surface area contributed by atoms with Crippen molar-refractivity contribution in [2.24, 2.45) is 5.84 Å². The molecule has 0 aliphatic carbocycles. The van der Waals surface area contributed by atoms with Gasteiger partial charge >= 0.3 is 6.03 Å². The highest BCUT2D eigenvalue weighted by molar-refractivity contribution is 5.75. The number of hydrogen-bond acceptors (Lipinski definition) is 3. The molecule has 2 N–H and O–H groups in total. The highest BCUT2D eigenvalue weighted by Gasteiger charge is 2.25. The van der Waals surface area contributed by atoms with Crippen LogP contribution in [0.3, 0.4) is 0 Å². The van der Waals surface area contributed by atoms with Crippen LogP contribution in [-0.4, -0.2) is 29.0 Å². The van der Waals surface area contributed by atoms with Gasteiger partial charge in [0.25, 0.3) is 0 Å². The Morgan fingerprint density at radius 3 is 2.50 bits per heavy atom. The van der Waals surface area contributed by atoms with E-state index in [9.17, 15) is 4.79 Å². The third-order valence-electron chi connectivity index (χ3n) is 2.58. The number of urea groups is 1. The van der Waals surface area contributed by atoms with Crippen LogP contribution in [0.1, 0.15) is 11.1 Å². The second kappa shape index (κ2) is 4.21. The lowest BCUT2D eigenvalue weighted by atomic mass is 10.1. The van der Waals surface area contributed by atoms with Crippen molar-refractivity contribution < 1.29 is 4.79 Å². The monoisotopic (exact) mass is 216 g/mol. The Morgan fingerprint density at radius 1 is 1.31 bits per heavy atom. The van der Waals surface area contributed by atoms with E-state index in [-0.39, 0.29) is 6.03 Å². The van der Waals surface area contributed by atoms with E-state index in [1.807, 2.05) is 12.1 Å². The normalized spacial score (nSPS) is 15.4. The minimum absolute atomic E-state index is 0.149. The average molecular weight is 216 g/mol. The molecule has 0 spiro atoms. The first-order valence-corrected chi connectivity index (χ1v) is 5.01. The zero-order valence-corrected chi connectivity index (χ0v) is 8.76. The molecule has 1 fully saturated rings. The summed E-state index contributed by atoms with van der Waals surface area (Å²) in [4.78, 5) is 13.2. The first-order valence-electron chi connectivity index (χ1n) is 5.01. The van der Waals surface area contributed by atoms with E-state index >= 15 is 0 Å². The number of nitrogens with zero attached hydrogens (tertiary/aromatic N) is 3. The molecule has 16 heavy (non-hydrogen) atoms. The summed E-state index contributed by atoms with van der Waals surface area (Å²) in [6.45, 7) is 1.75. The molecule has 0 aromatic heterocycles. The van der Waals surface area contributed by atoms with E-state index in [0.29, 0.717) is 25.2 Å². The van der Waals surface area contributed by atoms with Gasteiger partial charge < -0.3 is 4.90 Å². The van der Waals surface area contributed by atoms with E-state index in [1.165, 1.54) is 5.01 Å². The lowest BCUT2D eigenvalue weighted by Gasteiger charge is -2.15. The van der Waals surface area contributed by atoms with Crippen LogP contribution in [0.5, 0.6) is 0 Å². The van der Waals surface area contributed by atoms with Crippen LogP contribution in [0.25, 0.3) is 0 Å². The topological polar surface area (TPSA) is 73.4 Å². The number of carbonyl (C=O) groups is 1. The zero-order chi connectivity index (χ0) is 11.5. The van der Waals surface area contributed by atoms with E-state index in [4.69, 9.17) is 11.1 Å². The van der Waals surface area contributed by atoms with Crippen LogP contribution in [0.15, 0.2) is 24.3 Å². The van der Waals surface area contributed by atoms with Crippen molar-refractivity contribution in [3.63, 3.8) is 0 Å². The van der Waals surface area contributed by atoms with E-state index < -0.39 is 0 Å². The first kappa shape index (κ1) is 10.5. The van der Waals surface area contributed by atoms with Crippen LogP contribution in [0, 0.1) is 11.3 Å². The number of nitrogens with two attached hydrogens (primary N) is 1. The average Bonchev–Trinajstić information content (AvgIpc) is 2.62. The number of hydrogen-bond donors (Lipinski definition) is 1. The molecule has 1 saturated heterocycles. The Labute approximate surface area is 93.6 Å².